The lowest BCUT2D eigenvalue weighted by atomic mass is 10.2. The van der Waals surface area contributed by atoms with Crippen molar-refractivity contribution in [3.63, 3.8) is 0 Å². The van der Waals surface area contributed by atoms with Gasteiger partial charge in [0.2, 0.25) is 0 Å². The van der Waals surface area contributed by atoms with Gasteiger partial charge >= 0.3 is 0 Å². The molecular weight excluding hydrogens is 342 g/mol. The Morgan fingerprint density at radius 1 is 0.963 bits per heavy atom. The van der Waals surface area contributed by atoms with Gasteiger partial charge in [0.05, 0.1) is 12.7 Å². The van der Waals surface area contributed by atoms with Crippen LogP contribution in [0.3, 0.4) is 0 Å². The van der Waals surface area contributed by atoms with Crippen LogP contribution >= 0.6 is 0 Å². The van der Waals surface area contributed by atoms with E-state index in [0.717, 1.165) is 0 Å². The average molecular weight is 363 g/mol. The minimum atomic E-state index is -0.217. The van der Waals surface area contributed by atoms with Crippen LogP contribution < -0.4 is 19.7 Å². The highest BCUT2D eigenvalue weighted by molar-refractivity contribution is 6.07. The molecule has 138 valence electrons. The van der Waals surface area contributed by atoms with Crippen molar-refractivity contribution in [3.8, 4) is 17.2 Å². The first-order valence-corrected chi connectivity index (χ1v) is 8.43. The van der Waals surface area contributed by atoms with E-state index in [9.17, 15) is 4.79 Å². The highest BCUT2D eigenvalue weighted by Crippen LogP contribution is 2.31. The molecule has 0 saturated heterocycles. The van der Waals surface area contributed by atoms with Gasteiger partial charge in [0.25, 0.3) is 5.91 Å². The van der Waals surface area contributed by atoms with Gasteiger partial charge in [0.1, 0.15) is 11.6 Å². The maximum atomic E-state index is 12.6. The molecule has 1 amide bonds. The molecule has 0 bridgehead atoms. The lowest BCUT2D eigenvalue weighted by Gasteiger charge is -2.15. The number of hydrogen-bond acceptors (Lipinski definition) is 5. The van der Waals surface area contributed by atoms with E-state index in [1.54, 1.807) is 54.6 Å². The van der Waals surface area contributed by atoms with Gasteiger partial charge in [-0.05, 0) is 48.5 Å². The highest BCUT2D eigenvalue weighted by atomic mass is 16.5. The van der Waals surface area contributed by atoms with Crippen LogP contribution in [0.4, 0.5) is 11.5 Å². The van der Waals surface area contributed by atoms with Gasteiger partial charge < -0.3 is 19.7 Å². The van der Waals surface area contributed by atoms with E-state index in [4.69, 9.17) is 9.47 Å². The summed E-state index contributed by atoms with van der Waals surface area (Å²) < 4.78 is 11.1. The highest BCUT2D eigenvalue weighted by Gasteiger charge is 2.14. The number of methoxy groups -OCH3 is 1. The number of nitrogens with one attached hydrogen (secondary N) is 1. The number of pyridine rings is 1. The summed E-state index contributed by atoms with van der Waals surface area (Å²) in [7, 11) is 5.30. The van der Waals surface area contributed by atoms with Crippen LogP contribution in [-0.2, 0) is 0 Å². The predicted molar refractivity (Wildman–Crippen MR) is 106 cm³/mol. The number of amides is 1. The number of rotatable bonds is 6. The van der Waals surface area contributed by atoms with Gasteiger partial charge in [-0.25, -0.2) is 4.98 Å². The summed E-state index contributed by atoms with van der Waals surface area (Å²) in [6.45, 7) is 0. The maximum Gasteiger partial charge on any atom is 0.259 e. The number of nitrogens with zero attached hydrogens (tertiary/aromatic N) is 2. The van der Waals surface area contributed by atoms with Crippen molar-refractivity contribution in [1.82, 2.24) is 4.98 Å². The number of aromatic nitrogens is 1. The predicted octanol–water partition coefficient (Wildman–Crippen LogP) is 4.20. The molecule has 0 aliphatic carbocycles. The zero-order valence-corrected chi connectivity index (χ0v) is 15.5. The molecule has 27 heavy (non-hydrogen) atoms. The fourth-order valence-corrected chi connectivity index (χ4v) is 2.57. The van der Waals surface area contributed by atoms with Crippen molar-refractivity contribution < 1.29 is 14.3 Å². The van der Waals surface area contributed by atoms with Gasteiger partial charge in [-0.1, -0.05) is 12.1 Å². The second kappa shape index (κ2) is 8.23. The standard InChI is InChI=1S/C21H21N3O3/c1-24(2)20-17(7-6-14-22-20)21(25)23-15-10-12-16(13-11-15)27-19-9-5-4-8-18(19)26-3/h4-14H,1-3H3,(H,23,25). The summed E-state index contributed by atoms with van der Waals surface area (Å²) in [5.74, 6) is 2.33. The first kappa shape index (κ1) is 18.3. The Kier molecular flexibility index (Phi) is 5.56. The van der Waals surface area contributed by atoms with Crippen molar-refractivity contribution >= 4 is 17.4 Å². The van der Waals surface area contributed by atoms with E-state index in [1.165, 1.54) is 0 Å². The number of hydrogen-bond donors (Lipinski definition) is 1. The minimum Gasteiger partial charge on any atom is -0.493 e. The maximum absolute atomic E-state index is 12.6. The molecule has 0 unspecified atom stereocenters. The number of benzene rings is 2. The lowest BCUT2D eigenvalue weighted by Crippen LogP contribution is -2.19. The fraction of sp³-hybridized carbons (Fsp3) is 0.143. The second-order valence-corrected chi connectivity index (χ2v) is 6.00. The van der Waals surface area contributed by atoms with Crippen molar-refractivity contribution in [2.75, 3.05) is 31.4 Å². The second-order valence-electron chi connectivity index (χ2n) is 6.00. The molecular formula is C21H21N3O3. The van der Waals surface area contributed by atoms with Gasteiger partial charge in [0.15, 0.2) is 11.5 Å². The van der Waals surface area contributed by atoms with Crippen LogP contribution in [0.2, 0.25) is 0 Å². The summed E-state index contributed by atoms with van der Waals surface area (Å²) in [5.41, 5.74) is 1.18. The van der Waals surface area contributed by atoms with Crippen molar-refractivity contribution in [1.29, 1.82) is 0 Å². The Morgan fingerprint density at radius 3 is 2.33 bits per heavy atom. The topological polar surface area (TPSA) is 63.7 Å². The Labute approximate surface area is 158 Å². The van der Waals surface area contributed by atoms with Crippen LogP contribution in [0.5, 0.6) is 17.2 Å². The van der Waals surface area contributed by atoms with Crippen molar-refractivity contribution in [2.45, 2.75) is 0 Å². The van der Waals surface area contributed by atoms with Crippen LogP contribution in [0.1, 0.15) is 10.4 Å². The summed E-state index contributed by atoms with van der Waals surface area (Å²) in [6.07, 6.45) is 1.66. The summed E-state index contributed by atoms with van der Waals surface area (Å²) in [5, 5.41) is 2.88. The van der Waals surface area contributed by atoms with Gasteiger partial charge in [-0.15, -0.1) is 0 Å². The zero-order valence-electron chi connectivity index (χ0n) is 15.5. The Hall–Kier alpha value is -3.54. The zero-order chi connectivity index (χ0) is 19.2. The van der Waals surface area contributed by atoms with E-state index in [2.05, 4.69) is 10.3 Å². The molecule has 0 aliphatic heterocycles. The molecule has 1 heterocycles. The summed E-state index contributed by atoms with van der Waals surface area (Å²) in [4.78, 5) is 18.6. The number of para-hydroxylation sites is 2. The van der Waals surface area contributed by atoms with E-state index in [-0.39, 0.29) is 5.91 Å². The summed E-state index contributed by atoms with van der Waals surface area (Å²) in [6, 6.07) is 18.1. The molecule has 6 nitrogen and oxygen atoms in total. The van der Waals surface area contributed by atoms with Gasteiger partial charge in [-0.3, -0.25) is 4.79 Å². The molecule has 0 radical (unpaired) electrons. The number of anilines is 2. The monoisotopic (exact) mass is 363 g/mol. The summed E-state index contributed by atoms with van der Waals surface area (Å²) >= 11 is 0. The number of carbonyl (C=O) groups excluding carboxylic acids is 1. The van der Waals surface area contributed by atoms with Crippen molar-refractivity contribution in [3.05, 3.63) is 72.4 Å². The Balaban J connectivity index is 1.72. The number of carbonyl (C=O) groups is 1. The van der Waals surface area contributed by atoms with Crippen LogP contribution in [0.25, 0.3) is 0 Å². The molecule has 1 N–H and O–H groups in total. The third kappa shape index (κ3) is 4.36. The molecule has 0 atom stereocenters. The molecule has 3 aromatic rings. The third-order valence-corrected chi connectivity index (χ3v) is 3.86. The minimum absolute atomic E-state index is 0.217. The first-order chi connectivity index (χ1) is 13.1. The molecule has 3 rings (SSSR count). The smallest absolute Gasteiger partial charge is 0.259 e. The first-order valence-electron chi connectivity index (χ1n) is 8.43. The van der Waals surface area contributed by atoms with Crippen LogP contribution in [0.15, 0.2) is 66.9 Å². The molecule has 0 aliphatic rings. The van der Waals surface area contributed by atoms with Crippen LogP contribution in [0, 0.1) is 0 Å². The molecule has 0 fully saturated rings. The quantitative estimate of drug-likeness (QED) is 0.711. The molecule has 0 saturated carbocycles. The van der Waals surface area contributed by atoms with E-state index < -0.39 is 0 Å². The molecule has 6 heteroatoms. The van der Waals surface area contributed by atoms with E-state index >= 15 is 0 Å². The number of ether oxygens (including phenoxy) is 2. The third-order valence-electron chi connectivity index (χ3n) is 3.86. The SMILES string of the molecule is COc1ccccc1Oc1ccc(NC(=O)c2cccnc2N(C)C)cc1. The Bertz CT molecular complexity index is 924. The van der Waals surface area contributed by atoms with E-state index in [0.29, 0.717) is 34.3 Å². The largest absolute Gasteiger partial charge is 0.493 e. The fourth-order valence-electron chi connectivity index (χ4n) is 2.57. The lowest BCUT2D eigenvalue weighted by molar-refractivity contribution is 0.102. The van der Waals surface area contributed by atoms with Crippen molar-refractivity contribution in [2.24, 2.45) is 0 Å². The van der Waals surface area contributed by atoms with Gasteiger partial charge in [-0.2, -0.15) is 0 Å². The van der Waals surface area contributed by atoms with Crippen LogP contribution in [-0.4, -0.2) is 32.1 Å². The average Bonchev–Trinajstić information content (AvgIpc) is 2.69. The van der Waals surface area contributed by atoms with E-state index in [1.807, 2.05) is 38.4 Å². The Morgan fingerprint density at radius 2 is 1.67 bits per heavy atom. The normalized spacial score (nSPS) is 10.2. The molecule has 2 aromatic carbocycles. The molecule has 1 aromatic heterocycles. The molecule has 0 spiro atoms. The van der Waals surface area contributed by atoms with Gasteiger partial charge in [0, 0.05) is 26.0 Å².